The van der Waals surface area contributed by atoms with E-state index in [9.17, 15) is 30.0 Å². The molecule has 2 saturated carbocycles. The van der Waals surface area contributed by atoms with Crippen LogP contribution < -0.4 is 15.4 Å². The first-order valence-corrected chi connectivity index (χ1v) is 17.0. The number of carboxylic acid groups (broad SMARTS) is 1. The number of hydrogen-bond donors (Lipinski definition) is 7. The van der Waals surface area contributed by atoms with Crippen LogP contribution in [-0.2, 0) is 28.2 Å². The van der Waals surface area contributed by atoms with Crippen molar-refractivity contribution >= 4 is 23.6 Å². The average Bonchev–Trinajstić information content (AvgIpc) is 4.04. The molecule has 0 spiro atoms. The van der Waals surface area contributed by atoms with Crippen LogP contribution in [-0.4, -0.2) is 86.1 Å². The molecule has 2 amide bonds. The Labute approximate surface area is 290 Å². The van der Waals surface area contributed by atoms with Gasteiger partial charge in [-0.15, -0.1) is 0 Å². The van der Waals surface area contributed by atoms with Crippen molar-refractivity contribution in [1.82, 2.24) is 15.6 Å². The Hall–Kier alpha value is -3.78. The van der Waals surface area contributed by atoms with Gasteiger partial charge >= 0.3 is 12.0 Å². The van der Waals surface area contributed by atoms with E-state index in [4.69, 9.17) is 26.2 Å². The molecule has 0 saturated heterocycles. The monoisotopic (exact) mass is 697 g/mol. The number of halogens is 1. The number of hydrogen-bond acceptors (Lipinski definition) is 9. The number of aliphatic hydroxyl groups is 4. The molecule has 0 radical (unpaired) electrons. The number of aliphatic carboxylic acids is 1. The summed E-state index contributed by atoms with van der Waals surface area (Å²) in [4.78, 5) is 28.2. The topological polar surface area (TPSA) is 191 Å². The highest BCUT2D eigenvalue weighted by atomic mass is 35.5. The summed E-state index contributed by atoms with van der Waals surface area (Å²) in [6, 6.07) is 11.4. The highest BCUT2D eigenvalue weighted by molar-refractivity contribution is 6.31. The van der Waals surface area contributed by atoms with E-state index in [0.29, 0.717) is 30.9 Å². The first-order chi connectivity index (χ1) is 23.5. The number of aliphatic hydroxyl groups excluding tert-OH is 4. The number of pyridine rings is 1. The summed E-state index contributed by atoms with van der Waals surface area (Å²) in [5, 5.41) is 52.8. The molecule has 49 heavy (non-hydrogen) atoms. The third kappa shape index (κ3) is 9.27. The summed E-state index contributed by atoms with van der Waals surface area (Å²) >= 11 is 6.74. The molecule has 5 rings (SSSR count). The predicted molar refractivity (Wildman–Crippen MR) is 181 cm³/mol. The molecule has 4 unspecified atom stereocenters. The van der Waals surface area contributed by atoms with Crippen LogP contribution >= 0.6 is 11.6 Å². The van der Waals surface area contributed by atoms with E-state index >= 15 is 0 Å². The van der Waals surface area contributed by atoms with Gasteiger partial charge in [-0.1, -0.05) is 35.9 Å². The molecule has 0 bridgehead atoms. The molecule has 1 aromatic heterocycles. The van der Waals surface area contributed by atoms with Crippen molar-refractivity contribution in [3.05, 3.63) is 82.1 Å². The Bertz CT molecular complexity index is 1610. The number of nitrogens with zero attached hydrogens (tertiary/aromatic N) is 1. The zero-order chi connectivity index (χ0) is 35.1. The molecule has 2 fully saturated rings. The lowest BCUT2D eigenvalue weighted by Crippen LogP contribution is -2.57. The van der Waals surface area contributed by atoms with E-state index in [1.807, 2.05) is 49.5 Å². The number of urea groups is 1. The third-order valence-electron chi connectivity index (χ3n) is 9.00. The van der Waals surface area contributed by atoms with Gasteiger partial charge in [0.2, 0.25) is 0 Å². The Balaban J connectivity index is 1.12. The van der Waals surface area contributed by atoms with Crippen LogP contribution in [0.3, 0.4) is 0 Å². The van der Waals surface area contributed by atoms with E-state index in [1.165, 1.54) is 0 Å². The number of rotatable bonds is 18. The third-order valence-corrected chi connectivity index (χ3v) is 9.36. The minimum absolute atomic E-state index is 0.227. The first kappa shape index (κ1) is 36.5. The van der Waals surface area contributed by atoms with Gasteiger partial charge in [-0.25, -0.2) is 9.59 Å². The van der Waals surface area contributed by atoms with E-state index in [0.717, 1.165) is 64.8 Å². The van der Waals surface area contributed by atoms with Crippen molar-refractivity contribution < 1.29 is 44.6 Å². The van der Waals surface area contributed by atoms with Gasteiger partial charge in [0.25, 0.3) is 0 Å². The molecule has 0 aliphatic heterocycles. The Kier molecular flexibility index (Phi) is 12.1. The van der Waals surface area contributed by atoms with Crippen LogP contribution in [0.1, 0.15) is 60.8 Å². The lowest BCUT2D eigenvalue weighted by atomic mass is 9.96. The molecule has 7 N–H and O–H groups in total. The summed E-state index contributed by atoms with van der Waals surface area (Å²) in [5.74, 6) is -0.733. The quantitative estimate of drug-likeness (QED) is 0.0967. The van der Waals surface area contributed by atoms with Crippen LogP contribution in [0.4, 0.5) is 4.79 Å². The van der Waals surface area contributed by atoms with E-state index in [1.54, 1.807) is 6.20 Å². The number of unbranched alkanes of at least 4 members (excludes halogenated alkanes) is 1. The maximum Gasteiger partial charge on any atom is 0.329 e. The summed E-state index contributed by atoms with van der Waals surface area (Å²) < 4.78 is 12.8. The molecule has 2 aliphatic rings. The molecule has 2 aliphatic carbocycles. The van der Waals surface area contributed by atoms with Crippen molar-refractivity contribution in [1.29, 1.82) is 0 Å². The van der Waals surface area contributed by atoms with Crippen LogP contribution in [0, 0.1) is 6.92 Å². The Morgan fingerprint density at radius 2 is 1.80 bits per heavy atom. The summed E-state index contributed by atoms with van der Waals surface area (Å²) in [6.45, 7) is 1.70. The van der Waals surface area contributed by atoms with Gasteiger partial charge in [0, 0.05) is 35.1 Å². The molecule has 4 atom stereocenters. The van der Waals surface area contributed by atoms with Crippen molar-refractivity contribution in [3.63, 3.8) is 0 Å². The van der Waals surface area contributed by atoms with Gasteiger partial charge in [-0.3, -0.25) is 4.98 Å². The molecule has 264 valence electrons. The molecule has 2 aromatic carbocycles. The van der Waals surface area contributed by atoms with Crippen molar-refractivity contribution in [2.24, 2.45) is 0 Å². The summed E-state index contributed by atoms with van der Waals surface area (Å²) in [5.41, 5.74) is 5.70. The van der Waals surface area contributed by atoms with E-state index in [-0.39, 0.29) is 12.6 Å². The van der Waals surface area contributed by atoms with E-state index in [2.05, 4.69) is 21.7 Å². The number of nitrogens with one attached hydrogen (secondary N) is 2. The SMILES string of the molecule is Cc1cc(COC2(c3cnccc3-c3ccccc3OC3CC3)CC2)c(Cl)cc1CCCCNC(=O)NC(C(=O)O)C(O)C(O)C(O)CO. The number of aromatic nitrogens is 1. The number of benzene rings is 2. The average molecular weight is 698 g/mol. The smallest absolute Gasteiger partial charge is 0.329 e. The number of carbonyl (C=O) groups is 2. The predicted octanol–water partition coefficient (Wildman–Crippen LogP) is 3.61. The summed E-state index contributed by atoms with van der Waals surface area (Å²) in [6.07, 6.45) is 4.10. The van der Waals surface area contributed by atoms with Gasteiger partial charge in [-0.05, 0) is 92.3 Å². The van der Waals surface area contributed by atoms with Crippen molar-refractivity contribution in [3.8, 4) is 16.9 Å². The van der Waals surface area contributed by atoms with Crippen LogP contribution in [0.25, 0.3) is 11.1 Å². The highest BCUT2D eigenvalue weighted by Crippen LogP contribution is 2.53. The van der Waals surface area contributed by atoms with Gasteiger partial charge in [-0.2, -0.15) is 0 Å². The largest absolute Gasteiger partial charge is 0.490 e. The number of carbonyl (C=O) groups excluding carboxylic acids is 1. The fourth-order valence-corrected chi connectivity index (χ4v) is 6.03. The zero-order valence-corrected chi connectivity index (χ0v) is 28.1. The zero-order valence-electron chi connectivity index (χ0n) is 27.3. The maximum atomic E-state index is 12.2. The number of para-hydroxylation sites is 1. The van der Waals surface area contributed by atoms with Gasteiger partial charge in [0.05, 0.1) is 24.9 Å². The lowest BCUT2D eigenvalue weighted by molar-refractivity contribution is -0.148. The molecule has 1 heterocycles. The fourth-order valence-electron chi connectivity index (χ4n) is 5.79. The molecular weight excluding hydrogens is 654 g/mol. The summed E-state index contributed by atoms with van der Waals surface area (Å²) in [7, 11) is 0. The number of carboxylic acids is 1. The van der Waals surface area contributed by atoms with Crippen LogP contribution in [0.2, 0.25) is 5.02 Å². The standard InChI is InChI=1S/C36H44ClN3O9/c1-21-16-23(20-48-36(12-13-36)27-18-38-15-11-25(27)26-7-2-3-8-30(26)49-24-9-10-24)28(37)17-22(21)6-4-5-14-39-35(47)40-31(34(45)46)33(44)32(43)29(42)19-41/h2-3,7-8,11,15-18,24,29,31-33,41-44H,4-6,9-10,12-14,19-20H2,1H3,(H,45,46)(H2,39,40,47). The van der Waals surface area contributed by atoms with Crippen LogP contribution in [0.15, 0.2) is 54.9 Å². The number of amides is 2. The highest BCUT2D eigenvalue weighted by Gasteiger charge is 2.48. The minimum atomic E-state index is -2.04. The second kappa shape index (κ2) is 16.3. The van der Waals surface area contributed by atoms with Crippen molar-refractivity contribution in [2.45, 2.75) is 94.5 Å². The molecule has 3 aromatic rings. The second-order valence-electron chi connectivity index (χ2n) is 12.8. The second-order valence-corrected chi connectivity index (χ2v) is 13.2. The van der Waals surface area contributed by atoms with Crippen molar-refractivity contribution in [2.75, 3.05) is 13.2 Å². The molecule has 13 heteroatoms. The number of aryl methyl sites for hydroxylation is 2. The Morgan fingerprint density at radius 3 is 2.49 bits per heavy atom. The Morgan fingerprint density at radius 1 is 1.04 bits per heavy atom. The number of ether oxygens (including phenoxy) is 2. The molecular formula is C36H44ClN3O9. The van der Waals surface area contributed by atoms with Gasteiger partial charge in [0.1, 0.15) is 24.1 Å². The maximum absolute atomic E-state index is 12.2. The van der Waals surface area contributed by atoms with Gasteiger partial charge < -0.3 is 45.6 Å². The van der Waals surface area contributed by atoms with Crippen LogP contribution in [0.5, 0.6) is 5.75 Å². The molecule has 12 nitrogen and oxygen atoms in total. The van der Waals surface area contributed by atoms with E-state index < -0.39 is 48.6 Å². The first-order valence-electron chi connectivity index (χ1n) is 16.6. The minimum Gasteiger partial charge on any atom is -0.490 e. The normalized spacial score (nSPS) is 17.4. The van der Waals surface area contributed by atoms with Gasteiger partial charge in [0.15, 0.2) is 6.04 Å². The lowest BCUT2D eigenvalue weighted by Gasteiger charge is -2.26. The fraction of sp³-hybridized carbons (Fsp3) is 0.472.